The van der Waals surface area contributed by atoms with Crippen LogP contribution >= 0.6 is 0 Å². The summed E-state index contributed by atoms with van der Waals surface area (Å²) in [7, 11) is 0. The molecule has 0 aromatic rings. The molecule has 4 heteroatoms. The van der Waals surface area contributed by atoms with Crippen molar-refractivity contribution in [3.8, 4) is 0 Å². The van der Waals surface area contributed by atoms with Gasteiger partial charge < -0.3 is 5.11 Å². The van der Waals surface area contributed by atoms with Gasteiger partial charge in [0.25, 0.3) is 0 Å². The van der Waals surface area contributed by atoms with Crippen LogP contribution in [-0.2, 0) is 9.59 Å². The van der Waals surface area contributed by atoms with Crippen LogP contribution in [0.25, 0.3) is 0 Å². The van der Waals surface area contributed by atoms with E-state index in [9.17, 15) is 14.0 Å². The SMILES string of the molecule is O=C(O)CC(=O)F. The van der Waals surface area contributed by atoms with Gasteiger partial charge in [-0.05, 0) is 0 Å². The molecule has 0 amide bonds. The normalized spacial score (nSPS) is 8.14. The first kappa shape index (κ1) is 6.07. The molecule has 3 nitrogen and oxygen atoms in total. The van der Waals surface area contributed by atoms with Crippen LogP contribution in [0.3, 0.4) is 0 Å². The molecular weight excluding hydrogens is 103 g/mol. The summed E-state index contributed by atoms with van der Waals surface area (Å²) >= 11 is 0. The minimum absolute atomic E-state index is 1.03. The molecule has 0 saturated carbocycles. The number of aliphatic carboxylic acids is 1. The fraction of sp³-hybridized carbons (Fsp3) is 0.333. The molecule has 0 radical (unpaired) electrons. The Bertz CT molecular complexity index is 86.4. The zero-order valence-corrected chi connectivity index (χ0v) is 3.35. The lowest BCUT2D eigenvalue weighted by Gasteiger charge is -1.77. The molecule has 0 spiro atoms. The first-order valence-electron chi connectivity index (χ1n) is 1.53. The second-order valence-electron chi connectivity index (χ2n) is 0.926. The summed E-state index contributed by atoms with van der Waals surface area (Å²) in [5.74, 6) is -1.44. The zero-order valence-electron chi connectivity index (χ0n) is 3.35. The predicted molar refractivity (Wildman–Crippen MR) is 18.4 cm³/mol. The number of carboxylic acid groups (broad SMARTS) is 1. The molecule has 0 aliphatic heterocycles. The molecule has 0 heterocycles. The van der Waals surface area contributed by atoms with Gasteiger partial charge in [0, 0.05) is 0 Å². The summed E-state index contributed by atoms with van der Waals surface area (Å²) in [4.78, 5) is 18.6. The van der Waals surface area contributed by atoms with Crippen molar-refractivity contribution >= 4 is 12.0 Å². The van der Waals surface area contributed by atoms with E-state index in [0.29, 0.717) is 0 Å². The molecule has 0 atom stereocenters. The van der Waals surface area contributed by atoms with Crippen molar-refractivity contribution in [2.75, 3.05) is 0 Å². The quantitative estimate of drug-likeness (QED) is 0.397. The van der Waals surface area contributed by atoms with Crippen molar-refractivity contribution in [1.82, 2.24) is 0 Å². The van der Waals surface area contributed by atoms with Crippen molar-refractivity contribution in [2.24, 2.45) is 0 Å². The Hall–Kier alpha value is -0.930. The van der Waals surface area contributed by atoms with Crippen molar-refractivity contribution in [2.45, 2.75) is 6.42 Å². The lowest BCUT2D eigenvalue weighted by Crippen LogP contribution is -1.99. The second kappa shape index (κ2) is 2.28. The summed E-state index contributed by atoms with van der Waals surface area (Å²) < 4.78 is 10.9. The number of carbonyl (C=O) groups is 2. The first-order chi connectivity index (χ1) is 3.13. The van der Waals surface area contributed by atoms with Gasteiger partial charge in [-0.1, -0.05) is 0 Å². The maximum absolute atomic E-state index is 10.9. The van der Waals surface area contributed by atoms with Gasteiger partial charge in [0.2, 0.25) is 0 Å². The number of halogens is 1. The Kier molecular flexibility index (Phi) is 1.98. The fourth-order valence-corrected chi connectivity index (χ4v) is 0.119. The highest BCUT2D eigenvalue weighted by molar-refractivity contribution is 5.89. The van der Waals surface area contributed by atoms with Crippen LogP contribution in [0, 0.1) is 0 Å². The summed E-state index contributed by atoms with van der Waals surface area (Å²) in [5.41, 5.74) is 0. The van der Waals surface area contributed by atoms with E-state index in [1.807, 2.05) is 0 Å². The largest absolute Gasteiger partial charge is 0.481 e. The van der Waals surface area contributed by atoms with Crippen LogP contribution in [0.5, 0.6) is 0 Å². The molecular formula is C3H3FO3. The zero-order chi connectivity index (χ0) is 5.86. The number of hydrogen-bond donors (Lipinski definition) is 1. The molecule has 0 aromatic carbocycles. The van der Waals surface area contributed by atoms with E-state index >= 15 is 0 Å². The third-order valence-electron chi connectivity index (χ3n) is 0.290. The van der Waals surface area contributed by atoms with Crippen LogP contribution in [0.1, 0.15) is 6.42 Å². The first-order valence-corrected chi connectivity index (χ1v) is 1.53. The van der Waals surface area contributed by atoms with Crippen molar-refractivity contribution in [3.05, 3.63) is 0 Å². The molecule has 0 rings (SSSR count). The van der Waals surface area contributed by atoms with E-state index in [1.165, 1.54) is 0 Å². The maximum atomic E-state index is 10.9. The molecule has 0 aliphatic carbocycles. The van der Waals surface area contributed by atoms with Crippen LogP contribution in [0.4, 0.5) is 4.39 Å². The smallest absolute Gasteiger partial charge is 0.313 e. The van der Waals surface area contributed by atoms with E-state index in [-0.39, 0.29) is 0 Å². The number of rotatable bonds is 2. The van der Waals surface area contributed by atoms with E-state index in [2.05, 4.69) is 0 Å². The van der Waals surface area contributed by atoms with Gasteiger partial charge in [-0.25, -0.2) is 0 Å². The lowest BCUT2D eigenvalue weighted by atomic mass is 10.5. The average molecular weight is 106 g/mol. The molecule has 1 N–H and O–H groups in total. The average Bonchev–Trinajstić information content (AvgIpc) is 1.27. The molecule has 0 bridgehead atoms. The van der Waals surface area contributed by atoms with Crippen molar-refractivity contribution < 1.29 is 19.1 Å². The maximum Gasteiger partial charge on any atom is 0.313 e. The Labute approximate surface area is 38.8 Å². The fourth-order valence-electron chi connectivity index (χ4n) is 0.119. The van der Waals surface area contributed by atoms with Crippen LogP contribution < -0.4 is 0 Å². The summed E-state index contributed by atoms with van der Waals surface area (Å²) in [6, 6.07) is -1.81. The molecule has 40 valence electrons. The van der Waals surface area contributed by atoms with Gasteiger partial charge in [0.1, 0.15) is 6.42 Å². The Morgan fingerprint density at radius 1 is 1.57 bits per heavy atom. The number of hydrogen-bond acceptors (Lipinski definition) is 2. The summed E-state index contributed by atoms with van der Waals surface area (Å²) in [6.45, 7) is 0. The van der Waals surface area contributed by atoms with Crippen molar-refractivity contribution in [1.29, 1.82) is 0 Å². The molecule has 0 fully saturated rings. The second-order valence-corrected chi connectivity index (χ2v) is 0.926. The molecule has 0 saturated heterocycles. The minimum Gasteiger partial charge on any atom is -0.481 e. The molecule has 0 aliphatic rings. The van der Waals surface area contributed by atoms with E-state index in [4.69, 9.17) is 5.11 Å². The molecule has 0 unspecified atom stereocenters. The Morgan fingerprint density at radius 2 is 2.00 bits per heavy atom. The van der Waals surface area contributed by atoms with Gasteiger partial charge in [-0.15, -0.1) is 0 Å². The van der Waals surface area contributed by atoms with Crippen molar-refractivity contribution in [3.63, 3.8) is 0 Å². The Morgan fingerprint density at radius 3 is 2.00 bits per heavy atom. The minimum atomic E-state index is -1.81. The Balaban J connectivity index is 3.32. The third-order valence-corrected chi connectivity index (χ3v) is 0.290. The summed E-state index contributed by atoms with van der Waals surface area (Å²) in [6.07, 6.45) is -1.03. The van der Waals surface area contributed by atoms with E-state index in [0.717, 1.165) is 0 Å². The highest BCUT2D eigenvalue weighted by Gasteiger charge is 2.02. The highest BCUT2D eigenvalue weighted by Crippen LogP contribution is 1.80. The van der Waals surface area contributed by atoms with Crippen LogP contribution in [0.2, 0.25) is 0 Å². The highest BCUT2D eigenvalue weighted by atomic mass is 19.1. The lowest BCUT2D eigenvalue weighted by molar-refractivity contribution is -0.143. The molecule has 0 aromatic heterocycles. The number of carboxylic acids is 1. The third kappa shape index (κ3) is 5.07. The van der Waals surface area contributed by atoms with Gasteiger partial charge >= 0.3 is 12.0 Å². The van der Waals surface area contributed by atoms with Gasteiger partial charge in [-0.2, -0.15) is 4.39 Å². The summed E-state index contributed by atoms with van der Waals surface area (Å²) in [5, 5.41) is 7.62. The topological polar surface area (TPSA) is 54.4 Å². The van der Waals surface area contributed by atoms with Crippen LogP contribution in [0.15, 0.2) is 0 Å². The monoisotopic (exact) mass is 106 g/mol. The van der Waals surface area contributed by atoms with Gasteiger partial charge in [0.15, 0.2) is 0 Å². The molecule has 7 heavy (non-hydrogen) atoms. The number of carbonyl (C=O) groups excluding carboxylic acids is 1. The van der Waals surface area contributed by atoms with E-state index in [1.54, 1.807) is 0 Å². The standard InChI is InChI=1S/C3H3FO3/c4-2(5)1-3(6)7/h1H2,(H,6,7). The van der Waals surface area contributed by atoms with Gasteiger partial charge in [-0.3, -0.25) is 9.59 Å². The van der Waals surface area contributed by atoms with E-state index < -0.39 is 18.4 Å². The predicted octanol–water partition coefficient (Wildman–Crippen LogP) is -0.0428. The van der Waals surface area contributed by atoms with Crippen LogP contribution in [-0.4, -0.2) is 17.1 Å². The van der Waals surface area contributed by atoms with Gasteiger partial charge in [0.05, 0.1) is 0 Å².